The second-order valence-corrected chi connectivity index (χ2v) is 4.06. The van der Waals surface area contributed by atoms with Gasteiger partial charge in [0, 0.05) is 0 Å². The minimum Gasteiger partial charge on any atom is -0.386 e. The lowest BCUT2D eigenvalue weighted by atomic mass is 9.92. The van der Waals surface area contributed by atoms with Crippen LogP contribution in [0.3, 0.4) is 0 Å². The van der Waals surface area contributed by atoms with Gasteiger partial charge in [-0.2, -0.15) is 0 Å². The fourth-order valence-electron chi connectivity index (χ4n) is 1.63. The van der Waals surface area contributed by atoms with Crippen molar-refractivity contribution < 1.29 is 5.11 Å². The molecule has 0 aliphatic heterocycles. The monoisotopic (exact) mass is 178 g/mol. The molecule has 1 aromatic carbocycles. The number of aliphatic hydroxyl groups is 1. The lowest BCUT2D eigenvalue weighted by Crippen LogP contribution is -2.17. The van der Waals surface area contributed by atoms with Gasteiger partial charge in [-0.15, -0.1) is 0 Å². The van der Waals surface area contributed by atoms with Crippen LogP contribution in [-0.2, 0) is 12.0 Å². The Hall–Kier alpha value is -0.820. The highest BCUT2D eigenvalue weighted by molar-refractivity contribution is 5.34. The molecule has 0 unspecified atom stereocenters. The van der Waals surface area contributed by atoms with Gasteiger partial charge in [0.25, 0.3) is 0 Å². The van der Waals surface area contributed by atoms with Crippen molar-refractivity contribution in [1.29, 1.82) is 0 Å². The van der Waals surface area contributed by atoms with Gasteiger partial charge < -0.3 is 5.11 Å². The third-order valence-corrected chi connectivity index (χ3v) is 2.36. The highest BCUT2D eigenvalue weighted by atomic mass is 16.3. The lowest BCUT2D eigenvalue weighted by Gasteiger charge is -2.20. The van der Waals surface area contributed by atoms with E-state index in [1.165, 1.54) is 11.1 Å². The summed E-state index contributed by atoms with van der Waals surface area (Å²) in [6.45, 7) is 7.83. The topological polar surface area (TPSA) is 20.2 Å². The quantitative estimate of drug-likeness (QED) is 0.738. The summed E-state index contributed by atoms with van der Waals surface area (Å²) in [7, 11) is 0. The van der Waals surface area contributed by atoms with Gasteiger partial charge in [-0.3, -0.25) is 0 Å². The maximum atomic E-state index is 9.83. The van der Waals surface area contributed by atoms with Crippen LogP contribution >= 0.6 is 0 Å². The van der Waals surface area contributed by atoms with E-state index in [2.05, 4.69) is 19.1 Å². The Balaban J connectivity index is 3.13. The van der Waals surface area contributed by atoms with Crippen LogP contribution in [0.25, 0.3) is 0 Å². The molecule has 0 radical (unpaired) electrons. The van der Waals surface area contributed by atoms with Crippen LogP contribution in [0, 0.1) is 6.92 Å². The molecule has 0 fully saturated rings. The highest BCUT2D eigenvalue weighted by Crippen LogP contribution is 2.23. The van der Waals surface area contributed by atoms with Gasteiger partial charge in [-0.25, -0.2) is 0 Å². The third kappa shape index (κ3) is 2.31. The molecule has 0 aliphatic carbocycles. The number of hydrogen-bond acceptors (Lipinski definition) is 1. The van der Waals surface area contributed by atoms with E-state index in [1.807, 2.05) is 26.8 Å². The third-order valence-electron chi connectivity index (χ3n) is 2.36. The van der Waals surface area contributed by atoms with Crippen molar-refractivity contribution in [3.63, 3.8) is 0 Å². The summed E-state index contributed by atoms with van der Waals surface area (Å²) < 4.78 is 0. The number of aryl methyl sites for hydroxylation is 2. The first-order chi connectivity index (χ1) is 5.95. The first-order valence-corrected chi connectivity index (χ1v) is 4.77. The summed E-state index contributed by atoms with van der Waals surface area (Å²) in [5.74, 6) is 0. The molecule has 1 N–H and O–H groups in total. The molecule has 1 rings (SSSR count). The van der Waals surface area contributed by atoms with Gasteiger partial charge in [0.1, 0.15) is 0 Å². The molecule has 0 saturated carbocycles. The van der Waals surface area contributed by atoms with Crippen molar-refractivity contribution in [2.24, 2.45) is 0 Å². The maximum absolute atomic E-state index is 9.83. The average molecular weight is 178 g/mol. The van der Waals surface area contributed by atoms with E-state index in [0.29, 0.717) is 0 Å². The molecule has 72 valence electrons. The minimum atomic E-state index is -0.726. The van der Waals surface area contributed by atoms with Crippen LogP contribution in [0.1, 0.15) is 37.5 Å². The summed E-state index contributed by atoms with van der Waals surface area (Å²) in [5, 5.41) is 9.83. The molecule has 1 heteroatoms. The Bertz CT molecular complexity index is 294. The fraction of sp³-hybridized carbons (Fsp3) is 0.500. The zero-order valence-corrected chi connectivity index (χ0v) is 8.89. The van der Waals surface area contributed by atoms with Gasteiger partial charge in [-0.1, -0.05) is 25.1 Å². The Morgan fingerprint density at radius 2 is 1.92 bits per heavy atom. The Kier molecular flexibility index (Phi) is 2.77. The summed E-state index contributed by atoms with van der Waals surface area (Å²) in [5.41, 5.74) is 2.79. The first kappa shape index (κ1) is 10.3. The van der Waals surface area contributed by atoms with Crippen LogP contribution in [0.15, 0.2) is 18.2 Å². The molecule has 0 heterocycles. The van der Waals surface area contributed by atoms with Gasteiger partial charge in [0.05, 0.1) is 5.60 Å². The van der Waals surface area contributed by atoms with Crippen molar-refractivity contribution in [2.45, 2.75) is 39.7 Å². The molecule has 0 amide bonds. The zero-order valence-electron chi connectivity index (χ0n) is 8.89. The Morgan fingerprint density at radius 3 is 2.31 bits per heavy atom. The standard InChI is InChI=1S/C12H18O/c1-5-10-6-7-11(9(2)8-10)12(3,4)13/h6-8,13H,5H2,1-4H3. The largest absolute Gasteiger partial charge is 0.386 e. The number of benzene rings is 1. The Labute approximate surface area is 80.4 Å². The highest BCUT2D eigenvalue weighted by Gasteiger charge is 2.17. The molecule has 0 spiro atoms. The van der Waals surface area contributed by atoms with Crippen molar-refractivity contribution in [2.75, 3.05) is 0 Å². The van der Waals surface area contributed by atoms with Crippen LogP contribution in [-0.4, -0.2) is 5.11 Å². The average Bonchev–Trinajstić information content (AvgIpc) is 2.01. The van der Waals surface area contributed by atoms with Crippen molar-refractivity contribution >= 4 is 0 Å². The maximum Gasteiger partial charge on any atom is 0.0843 e. The molecule has 1 aromatic rings. The van der Waals surface area contributed by atoms with Gasteiger partial charge in [0.2, 0.25) is 0 Å². The van der Waals surface area contributed by atoms with E-state index < -0.39 is 5.60 Å². The van der Waals surface area contributed by atoms with Crippen LogP contribution in [0.5, 0.6) is 0 Å². The molecule has 13 heavy (non-hydrogen) atoms. The van der Waals surface area contributed by atoms with E-state index in [9.17, 15) is 5.11 Å². The molecular formula is C12H18O. The van der Waals surface area contributed by atoms with E-state index in [1.54, 1.807) is 0 Å². The van der Waals surface area contributed by atoms with Crippen LogP contribution in [0.2, 0.25) is 0 Å². The second kappa shape index (κ2) is 3.51. The molecule has 0 aliphatic rings. The normalized spacial score (nSPS) is 11.8. The van der Waals surface area contributed by atoms with E-state index in [-0.39, 0.29) is 0 Å². The van der Waals surface area contributed by atoms with E-state index in [4.69, 9.17) is 0 Å². The van der Waals surface area contributed by atoms with Crippen molar-refractivity contribution in [3.05, 3.63) is 34.9 Å². The molecule has 0 aromatic heterocycles. The first-order valence-electron chi connectivity index (χ1n) is 4.77. The Morgan fingerprint density at radius 1 is 1.31 bits per heavy atom. The molecular weight excluding hydrogens is 160 g/mol. The van der Waals surface area contributed by atoms with Gasteiger partial charge in [-0.05, 0) is 43.9 Å². The fourth-order valence-corrected chi connectivity index (χ4v) is 1.63. The lowest BCUT2D eigenvalue weighted by molar-refractivity contribution is 0.0779. The van der Waals surface area contributed by atoms with Crippen molar-refractivity contribution in [1.82, 2.24) is 0 Å². The van der Waals surface area contributed by atoms with Crippen LogP contribution < -0.4 is 0 Å². The van der Waals surface area contributed by atoms with E-state index in [0.717, 1.165) is 12.0 Å². The molecule has 1 nitrogen and oxygen atoms in total. The predicted octanol–water partition coefficient (Wildman–Crippen LogP) is 2.78. The molecule has 0 atom stereocenters. The van der Waals surface area contributed by atoms with Crippen LogP contribution in [0.4, 0.5) is 0 Å². The minimum absolute atomic E-state index is 0.726. The smallest absolute Gasteiger partial charge is 0.0843 e. The summed E-state index contributed by atoms with van der Waals surface area (Å²) in [6.07, 6.45) is 1.05. The second-order valence-electron chi connectivity index (χ2n) is 4.06. The summed E-state index contributed by atoms with van der Waals surface area (Å²) in [4.78, 5) is 0. The number of rotatable bonds is 2. The summed E-state index contributed by atoms with van der Waals surface area (Å²) in [6, 6.07) is 6.25. The SMILES string of the molecule is CCc1ccc(C(C)(C)O)c(C)c1. The van der Waals surface area contributed by atoms with Crippen molar-refractivity contribution in [3.8, 4) is 0 Å². The zero-order chi connectivity index (χ0) is 10.1. The molecule has 0 saturated heterocycles. The van der Waals surface area contributed by atoms with E-state index >= 15 is 0 Å². The predicted molar refractivity (Wildman–Crippen MR) is 55.8 cm³/mol. The number of hydrogen-bond donors (Lipinski definition) is 1. The van der Waals surface area contributed by atoms with Gasteiger partial charge >= 0.3 is 0 Å². The summed E-state index contributed by atoms with van der Waals surface area (Å²) >= 11 is 0. The van der Waals surface area contributed by atoms with Gasteiger partial charge in [0.15, 0.2) is 0 Å². The molecule has 0 bridgehead atoms.